The van der Waals surface area contributed by atoms with Gasteiger partial charge in [0.1, 0.15) is 5.75 Å². The molecule has 0 saturated heterocycles. The van der Waals surface area contributed by atoms with Gasteiger partial charge < -0.3 is 15.3 Å². The Bertz CT molecular complexity index is 859. The molecule has 0 aromatic heterocycles. The number of anilines is 2. The predicted octanol–water partition coefficient (Wildman–Crippen LogP) is 4.20. The van der Waals surface area contributed by atoms with Crippen molar-refractivity contribution in [1.29, 1.82) is 0 Å². The molecule has 128 valence electrons. The Kier molecular flexibility index (Phi) is 3.75. The summed E-state index contributed by atoms with van der Waals surface area (Å²) in [6.45, 7) is 1.57. The molecule has 0 saturated carbocycles. The quantitative estimate of drug-likeness (QED) is 0.809. The molecule has 1 amide bonds. The molecule has 1 heterocycles. The summed E-state index contributed by atoms with van der Waals surface area (Å²) in [7, 11) is 1.80. The summed E-state index contributed by atoms with van der Waals surface area (Å²) in [5.41, 5.74) is 4.14. The number of hydrogen-bond donors (Lipinski definition) is 2. The van der Waals surface area contributed by atoms with Crippen molar-refractivity contribution in [2.75, 3.05) is 17.3 Å². The molecular weight excluding hydrogens is 312 g/mol. The van der Waals surface area contributed by atoms with Crippen LogP contribution in [0, 0.1) is 5.92 Å². The molecule has 3 atom stereocenters. The lowest BCUT2D eigenvalue weighted by Crippen LogP contribution is -2.30. The van der Waals surface area contributed by atoms with Gasteiger partial charge in [-0.3, -0.25) is 4.79 Å². The largest absolute Gasteiger partial charge is 0.508 e. The van der Waals surface area contributed by atoms with Crippen LogP contribution in [0.1, 0.15) is 36.4 Å². The van der Waals surface area contributed by atoms with Crippen molar-refractivity contribution in [3.63, 3.8) is 0 Å². The second kappa shape index (κ2) is 5.96. The molecule has 25 heavy (non-hydrogen) atoms. The number of aromatic hydroxyl groups is 1. The Morgan fingerprint density at radius 2 is 2.00 bits per heavy atom. The van der Waals surface area contributed by atoms with E-state index in [2.05, 4.69) is 23.5 Å². The Morgan fingerprint density at radius 3 is 2.76 bits per heavy atom. The van der Waals surface area contributed by atoms with Crippen LogP contribution in [0.5, 0.6) is 5.75 Å². The maximum Gasteiger partial charge on any atom is 0.223 e. The average Bonchev–Trinajstić information content (AvgIpc) is 3.10. The number of nitrogens with one attached hydrogen (secondary N) is 1. The van der Waals surface area contributed by atoms with E-state index < -0.39 is 0 Å². The van der Waals surface area contributed by atoms with E-state index in [-0.39, 0.29) is 11.9 Å². The van der Waals surface area contributed by atoms with E-state index in [0.29, 0.717) is 17.6 Å². The highest BCUT2D eigenvalue weighted by Gasteiger charge is 2.38. The monoisotopic (exact) mass is 334 g/mol. The number of hydrogen-bond acceptors (Lipinski definition) is 3. The van der Waals surface area contributed by atoms with E-state index >= 15 is 0 Å². The van der Waals surface area contributed by atoms with Gasteiger partial charge in [0.15, 0.2) is 0 Å². The van der Waals surface area contributed by atoms with Gasteiger partial charge in [-0.05, 0) is 42.2 Å². The fourth-order valence-corrected chi connectivity index (χ4v) is 4.03. The van der Waals surface area contributed by atoms with Crippen LogP contribution in [0.25, 0.3) is 0 Å². The summed E-state index contributed by atoms with van der Waals surface area (Å²) in [5.74, 6) is 1.01. The first kappa shape index (κ1) is 15.8. The predicted molar refractivity (Wildman–Crippen MR) is 100.0 cm³/mol. The topological polar surface area (TPSA) is 52.6 Å². The van der Waals surface area contributed by atoms with Gasteiger partial charge in [-0.25, -0.2) is 0 Å². The van der Waals surface area contributed by atoms with Crippen LogP contribution >= 0.6 is 0 Å². The molecule has 0 fully saturated rings. The minimum Gasteiger partial charge on any atom is -0.508 e. The lowest BCUT2D eigenvalue weighted by molar-refractivity contribution is -0.116. The lowest BCUT2D eigenvalue weighted by Gasteiger charge is -2.38. The Labute approximate surface area is 147 Å². The number of para-hydroxylation sites is 1. The third-order valence-electron chi connectivity index (χ3n) is 5.48. The number of phenols is 1. The summed E-state index contributed by atoms with van der Waals surface area (Å²) in [5, 5.41) is 13.9. The molecule has 3 unspecified atom stereocenters. The number of phenolic OH excluding ortho intramolecular Hbond substituents is 1. The third kappa shape index (κ3) is 2.58. The smallest absolute Gasteiger partial charge is 0.223 e. The van der Waals surface area contributed by atoms with E-state index in [9.17, 15) is 9.90 Å². The summed E-state index contributed by atoms with van der Waals surface area (Å²) in [4.78, 5) is 13.4. The standard InChI is InChI=1S/C21H22N2O2/c1-13(24)23(2)14-10-11-19-18(12-14)15-7-5-8-16(15)21(22-19)17-6-3-4-9-20(17)25/h3-7,9-12,15-16,21-22,25H,8H2,1-2H3. The number of fused-ring (bicyclic) bond motifs is 3. The summed E-state index contributed by atoms with van der Waals surface area (Å²) in [6.07, 6.45) is 5.46. The zero-order valence-electron chi connectivity index (χ0n) is 14.4. The maximum atomic E-state index is 11.7. The molecule has 4 nitrogen and oxygen atoms in total. The highest BCUT2D eigenvalue weighted by atomic mass is 16.3. The lowest BCUT2D eigenvalue weighted by atomic mass is 9.76. The van der Waals surface area contributed by atoms with Crippen LogP contribution in [-0.2, 0) is 4.79 Å². The van der Waals surface area contributed by atoms with Crippen molar-refractivity contribution in [2.24, 2.45) is 5.92 Å². The highest BCUT2D eigenvalue weighted by Crippen LogP contribution is 2.51. The molecule has 0 spiro atoms. The number of amides is 1. The van der Waals surface area contributed by atoms with Crippen LogP contribution in [0.15, 0.2) is 54.6 Å². The van der Waals surface area contributed by atoms with Crippen LogP contribution in [0.4, 0.5) is 11.4 Å². The van der Waals surface area contributed by atoms with Gasteiger partial charge >= 0.3 is 0 Å². The first-order valence-electron chi connectivity index (χ1n) is 8.65. The summed E-state index contributed by atoms with van der Waals surface area (Å²) < 4.78 is 0. The minimum atomic E-state index is 0.0225. The number of allylic oxidation sites excluding steroid dienone is 2. The molecule has 4 heteroatoms. The first-order chi connectivity index (χ1) is 12.1. The Balaban J connectivity index is 1.76. The van der Waals surface area contributed by atoms with E-state index in [1.54, 1.807) is 24.9 Å². The first-order valence-corrected chi connectivity index (χ1v) is 8.65. The van der Waals surface area contributed by atoms with E-state index in [4.69, 9.17) is 0 Å². The van der Waals surface area contributed by atoms with Crippen molar-refractivity contribution >= 4 is 17.3 Å². The fourth-order valence-electron chi connectivity index (χ4n) is 4.03. The fraction of sp³-hybridized carbons (Fsp3) is 0.286. The van der Waals surface area contributed by atoms with Crippen molar-refractivity contribution in [2.45, 2.75) is 25.3 Å². The molecule has 4 rings (SSSR count). The molecule has 1 aliphatic carbocycles. The minimum absolute atomic E-state index is 0.0225. The van der Waals surface area contributed by atoms with Gasteiger partial charge in [-0.1, -0.05) is 30.4 Å². The number of carbonyl (C=O) groups is 1. The number of rotatable bonds is 2. The van der Waals surface area contributed by atoms with Crippen molar-refractivity contribution in [3.05, 3.63) is 65.7 Å². The molecule has 0 bridgehead atoms. The molecule has 2 aromatic rings. The van der Waals surface area contributed by atoms with Crippen LogP contribution in [0.3, 0.4) is 0 Å². The van der Waals surface area contributed by atoms with E-state index in [0.717, 1.165) is 23.4 Å². The van der Waals surface area contributed by atoms with Crippen molar-refractivity contribution in [1.82, 2.24) is 0 Å². The van der Waals surface area contributed by atoms with E-state index in [1.807, 2.05) is 30.3 Å². The number of benzene rings is 2. The summed E-state index contributed by atoms with van der Waals surface area (Å²) >= 11 is 0. The highest BCUT2D eigenvalue weighted by molar-refractivity contribution is 5.91. The Hall–Kier alpha value is -2.75. The normalized spacial score (nSPS) is 23.5. The molecule has 0 radical (unpaired) electrons. The third-order valence-corrected chi connectivity index (χ3v) is 5.48. The van der Waals surface area contributed by atoms with Crippen LogP contribution in [-0.4, -0.2) is 18.1 Å². The van der Waals surface area contributed by atoms with Gasteiger partial charge in [0.25, 0.3) is 0 Å². The van der Waals surface area contributed by atoms with E-state index in [1.165, 1.54) is 5.56 Å². The number of nitrogens with zero attached hydrogens (tertiary/aromatic N) is 1. The van der Waals surface area contributed by atoms with Gasteiger partial charge in [0, 0.05) is 36.8 Å². The van der Waals surface area contributed by atoms with Gasteiger partial charge in [0.2, 0.25) is 5.91 Å². The Morgan fingerprint density at radius 1 is 1.20 bits per heavy atom. The number of carbonyl (C=O) groups excluding carboxylic acids is 1. The van der Waals surface area contributed by atoms with Gasteiger partial charge in [-0.15, -0.1) is 0 Å². The zero-order chi connectivity index (χ0) is 17.6. The SMILES string of the molecule is CC(=O)N(C)c1ccc2c(c1)C1C=CCC1C(c1ccccc1O)N2. The molecule has 2 aromatic carbocycles. The van der Waals surface area contributed by atoms with Crippen LogP contribution in [0.2, 0.25) is 0 Å². The van der Waals surface area contributed by atoms with Gasteiger partial charge in [0.05, 0.1) is 6.04 Å². The van der Waals surface area contributed by atoms with Crippen LogP contribution < -0.4 is 10.2 Å². The second-order valence-corrected chi connectivity index (χ2v) is 6.88. The molecule has 2 N–H and O–H groups in total. The molecular formula is C21H22N2O2. The zero-order valence-corrected chi connectivity index (χ0v) is 14.4. The molecule has 2 aliphatic rings. The maximum absolute atomic E-state index is 11.7. The van der Waals surface area contributed by atoms with Crippen molar-refractivity contribution < 1.29 is 9.90 Å². The van der Waals surface area contributed by atoms with Gasteiger partial charge in [-0.2, -0.15) is 0 Å². The van der Waals surface area contributed by atoms with Crippen molar-refractivity contribution in [3.8, 4) is 5.75 Å². The second-order valence-electron chi connectivity index (χ2n) is 6.88. The molecule has 1 aliphatic heterocycles. The summed E-state index contributed by atoms with van der Waals surface area (Å²) in [6, 6.07) is 13.7. The average molecular weight is 334 g/mol.